The number of benzene rings is 2. The van der Waals surface area contributed by atoms with Crippen LogP contribution in [0.2, 0.25) is 0 Å². The van der Waals surface area contributed by atoms with Gasteiger partial charge in [-0.3, -0.25) is 9.59 Å². The lowest BCUT2D eigenvalue weighted by molar-refractivity contribution is -0.117. The van der Waals surface area contributed by atoms with Crippen molar-refractivity contribution in [3.05, 3.63) is 93.7 Å². The molecule has 0 spiro atoms. The molecule has 0 saturated carbocycles. The summed E-state index contributed by atoms with van der Waals surface area (Å²) in [5, 5.41) is 7.89. The van der Waals surface area contributed by atoms with Crippen LogP contribution >= 0.6 is 0 Å². The van der Waals surface area contributed by atoms with Crippen molar-refractivity contribution in [3.8, 4) is 0 Å². The van der Waals surface area contributed by atoms with E-state index in [-0.39, 0.29) is 17.9 Å². The normalized spacial score (nSPS) is 11.1. The molecular weight excluding hydrogens is 402 g/mol. The second-order valence-electron chi connectivity index (χ2n) is 7.34. The van der Waals surface area contributed by atoms with Gasteiger partial charge in [0.15, 0.2) is 0 Å². The second-order valence-corrected chi connectivity index (χ2v) is 7.34. The minimum Gasteiger partial charge on any atom is -0.343 e. The monoisotopic (exact) mass is 422 g/mol. The summed E-state index contributed by atoms with van der Waals surface area (Å²) in [6.45, 7) is 3.90. The first kappa shape index (κ1) is 20.5. The number of nitrogens with zero attached hydrogens (tertiary/aromatic N) is 3. The first-order valence-corrected chi connectivity index (χ1v) is 9.69. The third-order valence-corrected chi connectivity index (χ3v) is 5.26. The van der Waals surface area contributed by atoms with Crippen LogP contribution in [0.3, 0.4) is 0 Å². The summed E-state index contributed by atoms with van der Waals surface area (Å²) in [7, 11) is 0. The van der Waals surface area contributed by atoms with Gasteiger partial charge >= 0.3 is 0 Å². The van der Waals surface area contributed by atoms with Crippen LogP contribution in [-0.4, -0.2) is 20.3 Å². The standard InChI is InChI=1S/C23H20F2N4O2/c1-14-20-11-26-29(13-21(30)27-19-5-3-4-18(25)10-19)23(31)22(20)15(2)28(14)12-16-6-8-17(24)9-7-16/h3-11H,12-13H2,1-2H3,(H,27,30). The summed E-state index contributed by atoms with van der Waals surface area (Å²) in [5.41, 5.74) is 2.42. The van der Waals surface area contributed by atoms with Gasteiger partial charge in [0.05, 0.1) is 11.6 Å². The number of aryl methyl sites for hydroxylation is 2. The molecular formula is C23H20F2N4O2. The Morgan fingerprint density at radius 1 is 1.03 bits per heavy atom. The highest BCUT2D eigenvalue weighted by Gasteiger charge is 2.17. The minimum absolute atomic E-state index is 0.299. The van der Waals surface area contributed by atoms with Gasteiger partial charge in [-0.05, 0) is 49.7 Å². The maximum Gasteiger partial charge on any atom is 0.276 e. The van der Waals surface area contributed by atoms with Crippen LogP contribution in [0.4, 0.5) is 14.5 Å². The van der Waals surface area contributed by atoms with Gasteiger partial charge in [-0.15, -0.1) is 0 Å². The van der Waals surface area contributed by atoms with Crippen molar-refractivity contribution in [1.29, 1.82) is 0 Å². The number of carbonyl (C=O) groups is 1. The zero-order valence-corrected chi connectivity index (χ0v) is 17.0. The van der Waals surface area contributed by atoms with Gasteiger partial charge in [0.2, 0.25) is 5.91 Å². The van der Waals surface area contributed by atoms with E-state index in [0.717, 1.165) is 21.6 Å². The molecule has 1 amide bonds. The van der Waals surface area contributed by atoms with Crippen molar-refractivity contribution in [3.63, 3.8) is 0 Å². The summed E-state index contributed by atoms with van der Waals surface area (Å²) in [6.07, 6.45) is 1.57. The number of carbonyl (C=O) groups excluding carboxylic acids is 1. The van der Waals surface area contributed by atoms with E-state index in [1.807, 2.05) is 18.4 Å². The Morgan fingerprint density at radius 3 is 2.48 bits per heavy atom. The molecule has 0 aliphatic rings. The Morgan fingerprint density at radius 2 is 1.77 bits per heavy atom. The molecule has 2 aromatic carbocycles. The molecule has 4 aromatic rings. The molecule has 31 heavy (non-hydrogen) atoms. The molecule has 0 fully saturated rings. The summed E-state index contributed by atoms with van der Waals surface area (Å²) in [5.74, 6) is -1.26. The van der Waals surface area contributed by atoms with E-state index in [0.29, 0.717) is 23.0 Å². The van der Waals surface area contributed by atoms with Crippen molar-refractivity contribution < 1.29 is 13.6 Å². The topological polar surface area (TPSA) is 68.9 Å². The Bertz CT molecular complexity index is 1340. The third-order valence-electron chi connectivity index (χ3n) is 5.26. The number of halogens is 2. The number of fused-ring (bicyclic) bond motifs is 1. The van der Waals surface area contributed by atoms with Crippen molar-refractivity contribution >= 4 is 22.4 Å². The van der Waals surface area contributed by atoms with Crippen molar-refractivity contribution in [2.24, 2.45) is 0 Å². The fourth-order valence-corrected chi connectivity index (χ4v) is 3.67. The van der Waals surface area contributed by atoms with Crippen LogP contribution in [-0.2, 0) is 17.9 Å². The third kappa shape index (κ3) is 4.09. The van der Waals surface area contributed by atoms with Crippen molar-refractivity contribution in [1.82, 2.24) is 14.3 Å². The van der Waals surface area contributed by atoms with E-state index in [4.69, 9.17) is 0 Å². The molecule has 8 heteroatoms. The SMILES string of the molecule is Cc1c2cnn(CC(=O)Nc3cccc(F)c3)c(=O)c2c(C)n1Cc1ccc(F)cc1. The van der Waals surface area contributed by atoms with Gasteiger partial charge in [0.1, 0.15) is 18.2 Å². The average molecular weight is 422 g/mol. The second kappa shape index (κ2) is 8.14. The predicted octanol–water partition coefficient (Wildman–Crippen LogP) is 3.78. The van der Waals surface area contributed by atoms with E-state index >= 15 is 0 Å². The number of aromatic nitrogens is 3. The lowest BCUT2D eigenvalue weighted by Crippen LogP contribution is -2.29. The van der Waals surface area contributed by atoms with E-state index in [9.17, 15) is 18.4 Å². The van der Waals surface area contributed by atoms with E-state index in [1.165, 1.54) is 30.3 Å². The van der Waals surface area contributed by atoms with Crippen LogP contribution in [0.1, 0.15) is 17.0 Å². The van der Waals surface area contributed by atoms with Crippen LogP contribution in [0, 0.1) is 25.5 Å². The number of hydrogen-bond donors (Lipinski definition) is 1. The highest BCUT2D eigenvalue weighted by Crippen LogP contribution is 2.23. The van der Waals surface area contributed by atoms with Gasteiger partial charge in [-0.1, -0.05) is 18.2 Å². The molecule has 2 aromatic heterocycles. The van der Waals surface area contributed by atoms with Crippen LogP contribution in [0.25, 0.3) is 10.8 Å². The molecule has 1 N–H and O–H groups in total. The van der Waals surface area contributed by atoms with Gasteiger partial charge < -0.3 is 9.88 Å². The maximum atomic E-state index is 13.3. The number of amides is 1. The molecule has 4 rings (SSSR count). The number of anilines is 1. The molecule has 6 nitrogen and oxygen atoms in total. The molecule has 0 radical (unpaired) electrons. The predicted molar refractivity (Wildman–Crippen MR) is 114 cm³/mol. The lowest BCUT2D eigenvalue weighted by atomic mass is 10.2. The first-order valence-electron chi connectivity index (χ1n) is 9.69. The van der Waals surface area contributed by atoms with E-state index in [1.54, 1.807) is 24.4 Å². The van der Waals surface area contributed by atoms with Crippen LogP contribution in [0.5, 0.6) is 0 Å². The largest absolute Gasteiger partial charge is 0.343 e. The molecule has 0 aliphatic carbocycles. The van der Waals surface area contributed by atoms with Gasteiger partial charge in [0, 0.05) is 29.0 Å². The summed E-state index contributed by atoms with van der Waals surface area (Å²) in [6, 6.07) is 11.7. The smallest absolute Gasteiger partial charge is 0.276 e. The van der Waals surface area contributed by atoms with Crippen LogP contribution < -0.4 is 10.9 Å². The number of nitrogens with one attached hydrogen (secondary N) is 1. The summed E-state index contributed by atoms with van der Waals surface area (Å²) in [4.78, 5) is 25.4. The average Bonchev–Trinajstić information content (AvgIpc) is 2.96. The quantitative estimate of drug-likeness (QED) is 0.532. The van der Waals surface area contributed by atoms with Crippen LogP contribution in [0.15, 0.2) is 59.5 Å². The zero-order valence-electron chi connectivity index (χ0n) is 17.0. The fraction of sp³-hybridized carbons (Fsp3) is 0.174. The molecule has 0 atom stereocenters. The highest BCUT2D eigenvalue weighted by atomic mass is 19.1. The highest BCUT2D eigenvalue weighted by molar-refractivity contribution is 5.91. The Kier molecular flexibility index (Phi) is 5.37. The number of rotatable bonds is 5. The lowest BCUT2D eigenvalue weighted by Gasteiger charge is -2.09. The number of hydrogen-bond acceptors (Lipinski definition) is 3. The van der Waals surface area contributed by atoms with Crippen molar-refractivity contribution in [2.45, 2.75) is 26.9 Å². The first-order chi connectivity index (χ1) is 14.8. The Hall–Kier alpha value is -3.81. The molecule has 0 saturated heterocycles. The molecule has 0 aliphatic heterocycles. The van der Waals surface area contributed by atoms with Gasteiger partial charge in [-0.25, -0.2) is 13.5 Å². The van der Waals surface area contributed by atoms with Crippen molar-refractivity contribution in [2.75, 3.05) is 5.32 Å². The minimum atomic E-state index is -0.486. The molecule has 0 unspecified atom stereocenters. The molecule has 0 bridgehead atoms. The van der Waals surface area contributed by atoms with E-state index in [2.05, 4.69) is 10.4 Å². The zero-order chi connectivity index (χ0) is 22.1. The Balaban J connectivity index is 1.64. The van der Waals surface area contributed by atoms with Gasteiger partial charge in [0.25, 0.3) is 5.56 Å². The Labute approximate surface area is 176 Å². The summed E-state index contributed by atoms with van der Waals surface area (Å²) >= 11 is 0. The fourth-order valence-electron chi connectivity index (χ4n) is 3.67. The summed E-state index contributed by atoms with van der Waals surface area (Å²) < 4.78 is 29.6. The molecule has 158 valence electrons. The maximum absolute atomic E-state index is 13.3. The van der Waals surface area contributed by atoms with Gasteiger partial charge in [-0.2, -0.15) is 5.10 Å². The van der Waals surface area contributed by atoms with E-state index < -0.39 is 11.7 Å². The molecule has 2 heterocycles.